The summed E-state index contributed by atoms with van der Waals surface area (Å²) in [7, 11) is 0. The van der Waals surface area contributed by atoms with E-state index in [9.17, 15) is 9.59 Å². The molecule has 1 aliphatic heterocycles. The van der Waals surface area contributed by atoms with Gasteiger partial charge in [0.25, 0.3) is 0 Å². The SMILES string of the molecule is C=CC(=O)N1CC=C(c2c(F)cc(CC(N)=O)c3[nH]c(C)c(C)c23)CC1. The average molecular weight is 355 g/mol. The van der Waals surface area contributed by atoms with Crippen LogP contribution in [0.15, 0.2) is 24.8 Å². The molecule has 1 aromatic carbocycles. The molecule has 26 heavy (non-hydrogen) atoms. The summed E-state index contributed by atoms with van der Waals surface area (Å²) in [4.78, 5) is 28.0. The first-order chi connectivity index (χ1) is 12.3. The van der Waals surface area contributed by atoms with Gasteiger partial charge in [-0.25, -0.2) is 4.39 Å². The summed E-state index contributed by atoms with van der Waals surface area (Å²) in [6, 6.07) is 1.39. The normalized spacial score (nSPS) is 14.4. The third kappa shape index (κ3) is 3.03. The number of aryl methyl sites for hydroxylation is 2. The number of fused-ring (bicyclic) bond motifs is 1. The van der Waals surface area contributed by atoms with E-state index in [-0.39, 0.29) is 18.1 Å². The van der Waals surface area contributed by atoms with Gasteiger partial charge in [0.05, 0.1) is 11.9 Å². The van der Waals surface area contributed by atoms with Gasteiger partial charge in [-0.15, -0.1) is 0 Å². The Morgan fingerprint density at radius 1 is 1.42 bits per heavy atom. The van der Waals surface area contributed by atoms with Gasteiger partial charge >= 0.3 is 0 Å². The van der Waals surface area contributed by atoms with Crippen molar-refractivity contribution in [3.8, 4) is 0 Å². The quantitative estimate of drug-likeness (QED) is 0.827. The zero-order valence-corrected chi connectivity index (χ0v) is 15.0. The molecule has 2 heterocycles. The van der Waals surface area contributed by atoms with Gasteiger partial charge in [-0.3, -0.25) is 9.59 Å². The van der Waals surface area contributed by atoms with E-state index >= 15 is 4.39 Å². The molecule has 0 saturated heterocycles. The second-order valence-corrected chi connectivity index (χ2v) is 6.63. The summed E-state index contributed by atoms with van der Waals surface area (Å²) in [6.45, 7) is 8.30. The maximum atomic E-state index is 15.0. The third-order valence-electron chi connectivity index (χ3n) is 4.99. The van der Waals surface area contributed by atoms with Crippen LogP contribution in [0.5, 0.6) is 0 Å². The number of aromatic nitrogens is 1. The molecule has 0 aliphatic carbocycles. The number of primary amides is 1. The molecule has 0 bridgehead atoms. The van der Waals surface area contributed by atoms with Gasteiger partial charge in [0.15, 0.2) is 0 Å². The van der Waals surface area contributed by atoms with E-state index < -0.39 is 5.91 Å². The van der Waals surface area contributed by atoms with Crippen molar-refractivity contribution in [3.63, 3.8) is 0 Å². The second kappa shape index (κ2) is 6.78. The number of carbonyl (C=O) groups excluding carboxylic acids is 2. The molecule has 2 aromatic rings. The fourth-order valence-corrected chi connectivity index (χ4v) is 3.56. The minimum atomic E-state index is -0.501. The van der Waals surface area contributed by atoms with Crippen molar-refractivity contribution < 1.29 is 14.0 Å². The zero-order chi connectivity index (χ0) is 19.0. The predicted molar refractivity (Wildman–Crippen MR) is 100 cm³/mol. The molecule has 0 saturated carbocycles. The van der Waals surface area contributed by atoms with Crippen LogP contribution in [0.2, 0.25) is 0 Å². The number of hydrogen-bond acceptors (Lipinski definition) is 2. The maximum absolute atomic E-state index is 15.0. The number of hydrogen-bond donors (Lipinski definition) is 2. The Morgan fingerprint density at radius 2 is 2.15 bits per heavy atom. The molecule has 2 amide bonds. The number of nitrogens with zero attached hydrogens (tertiary/aromatic N) is 1. The Kier molecular flexibility index (Phi) is 4.68. The van der Waals surface area contributed by atoms with Gasteiger partial charge in [-0.05, 0) is 49.1 Å². The van der Waals surface area contributed by atoms with Crippen LogP contribution in [0.1, 0.15) is 28.8 Å². The van der Waals surface area contributed by atoms with Crippen LogP contribution >= 0.6 is 0 Å². The summed E-state index contributed by atoms with van der Waals surface area (Å²) < 4.78 is 15.0. The van der Waals surface area contributed by atoms with Crippen molar-refractivity contribution in [2.24, 2.45) is 5.73 Å². The molecular formula is C20H22FN3O2. The van der Waals surface area contributed by atoms with E-state index in [1.165, 1.54) is 12.1 Å². The minimum absolute atomic E-state index is 0.0201. The molecular weight excluding hydrogens is 333 g/mol. The maximum Gasteiger partial charge on any atom is 0.246 e. The van der Waals surface area contributed by atoms with E-state index in [0.717, 1.165) is 27.7 Å². The number of benzene rings is 1. The summed E-state index contributed by atoms with van der Waals surface area (Å²) in [5, 5.41) is 0.786. The highest BCUT2D eigenvalue weighted by atomic mass is 19.1. The monoisotopic (exact) mass is 355 g/mol. The molecule has 5 nitrogen and oxygen atoms in total. The van der Waals surface area contributed by atoms with E-state index in [1.807, 2.05) is 19.9 Å². The van der Waals surface area contributed by atoms with Gasteiger partial charge in [0.2, 0.25) is 11.8 Å². The molecule has 3 N–H and O–H groups in total. The van der Waals surface area contributed by atoms with E-state index in [2.05, 4.69) is 11.6 Å². The highest BCUT2D eigenvalue weighted by Crippen LogP contribution is 2.36. The van der Waals surface area contributed by atoms with Crippen LogP contribution in [0.3, 0.4) is 0 Å². The third-order valence-corrected chi connectivity index (χ3v) is 4.99. The molecule has 1 aromatic heterocycles. The number of rotatable bonds is 4. The number of nitrogens with two attached hydrogens (primary N) is 1. The van der Waals surface area contributed by atoms with Crippen LogP contribution in [0.4, 0.5) is 4.39 Å². The summed E-state index contributed by atoms with van der Waals surface area (Å²) in [6.07, 6.45) is 3.71. The molecule has 1 aliphatic rings. The fourth-order valence-electron chi connectivity index (χ4n) is 3.56. The van der Waals surface area contributed by atoms with Gasteiger partial charge in [-0.1, -0.05) is 12.7 Å². The molecule has 6 heteroatoms. The van der Waals surface area contributed by atoms with Crippen molar-refractivity contribution in [2.45, 2.75) is 26.7 Å². The van der Waals surface area contributed by atoms with Gasteiger partial charge < -0.3 is 15.6 Å². The van der Waals surface area contributed by atoms with Crippen molar-refractivity contribution in [2.75, 3.05) is 13.1 Å². The standard InChI is InChI=1S/C20H22FN3O2/c1-4-17(26)24-7-5-13(6-8-24)19-15(21)9-14(10-16(22)25)20-18(19)11(2)12(3)23-20/h4-5,9,23H,1,6-8,10H2,2-3H3,(H2,22,25). The van der Waals surface area contributed by atoms with Crippen molar-refractivity contribution >= 4 is 28.3 Å². The van der Waals surface area contributed by atoms with Crippen LogP contribution in [-0.4, -0.2) is 34.8 Å². The van der Waals surface area contributed by atoms with Gasteiger partial charge in [-0.2, -0.15) is 0 Å². The number of H-pyrrole nitrogens is 1. The largest absolute Gasteiger partial charge is 0.369 e. The molecule has 0 spiro atoms. The lowest BCUT2D eigenvalue weighted by Gasteiger charge is -2.26. The van der Waals surface area contributed by atoms with Crippen molar-refractivity contribution in [1.82, 2.24) is 9.88 Å². The van der Waals surface area contributed by atoms with E-state index in [4.69, 9.17) is 5.73 Å². The summed E-state index contributed by atoms with van der Waals surface area (Å²) >= 11 is 0. The molecule has 0 radical (unpaired) electrons. The van der Waals surface area contributed by atoms with Crippen LogP contribution in [0.25, 0.3) is 16.5 Å². The highest BCUT2D eigenvalue weighted by Gasteiger charge is 2.23. The topological polar surface area (TPSA) is 79.2 Å². The van der Waals surface area contributed by atoms with Crippen molar-refractivity contribution in [1.29, 1.82) is 0 Å². The Labute approximate surface area is 151 Å². The number of nitrogens with one attached hydrogen (secondary N) is 1. The Balaban J connectivity index is 2.14. The Hall–Kier alpha value is -2.89. The molecule has 136 valence electrons. The van der Waals surface area contributed by atoms with E-state index in [0.29, 0.717) is 30.6 Å². The van der Waals surface area contributed by atoms with Crippen LogP contribution in [0, 0.1) is 19.7 Å². The Morgan fingerprint density at radius 3 is 2.73 bits per heavy atom. The lowest BCUT2D eigenvalue weighted by atomic mass is 9.91. The second-order valence-electron chi connectivity index (χ2n) is 6.63. The number of amides is 2. The van der Waals surface area contributed by atoms with Crippen LogP contribution in [-0.2, 0) is 16.0 Å². The molecule has 0 unspecified atom stereocenters. The molecule has 0 fully saturated rings. The number of carbonyl (C=O) groups is 2. The smallest absolute Gasteiger partial charge is 0.246 e. The Bertz CT molecular complexity index is 956. The van der Waals surface area contributed by atoms with Crippen molar-refractivity contribution in [3.05, 3.63) is 53.0 Å². The summed E-state index contributed by atoms with van der Waals surface area (Å²) in [5.74, 6) is -0.999. The highest BCUT2D eigenvalue weighted by molar-refractivity contribution is 5.99. The first-order valence-electron chi connectivity index (χ1n) is 8.52. The first kappa shape index (κ1) is 17.9. The van der Waals surface area contributed by atoms with Gasteiger partial charge in [0.1, 0.15) is 5.82 Å². The minimum Gasteiger partial charge on any atom is -0.369 e. The predicted octanol–water partition coefficient (Wildman–Crippen LogP) is 2.75. The molecule has 3 rings (SSSR count). The van der Waals surface area contributed by atoms with Gasteiger partial charge in [0, 0.05) is 29.7 Å². The van der Waals surface area contributed by atoms with E-state index in [1.54, 1.807) is 4.90 Å². The lowest BCUT2D eigenvalue weighted by molar-refractivity contribution is -0.125. The lowest BCUT2D eigenvalue weighted by Crippen LogP contribution is -2.33. The zero-order valence-electron chi connectivity index (χ0n) is 15.0. The molecule has 0 atom stereocenters. The number of halogens is 1. The van der Waals surface area contributed by atoms with Crippen LogP contribution < -0.4 is 5.73 Å². The average Bonchev–Trinajstić information content (AvgIpc) is 2.90. The number of aromatic amines is 1. The summed E-state index contributed by atoms with van der Waals surface area (Å²) in [5.41, 5.74) is 9.92. The first-order valence-corrected chi connectivity index (χ1v) is 8.52. The fraction of sp³-hybridized carbons (Fsp3) is 0.300.